The molecule has 4 bridgehead atoms. The van der Waals surface area contributed by atoms with Gasteiger partial charge in [0.05, 0.1) is 52.5 Å². The van der Waals surface area contributed by atoms with Crippen molar-refractivity contribution < 1.29 is 67.9 Å². The van der Waals surface area contributed by atoms with Crippen molar-refractivity contribution in [3.8, 4) is 45.3 Å². The lowest BCUT2D eigenvalue weighted by Gasteiger charge is -2.62. The number of nitrogens with one attached hydrogen (secondary N) is 1. The van der Waals surface area contributed by atoms with Crippen LogP contribution < -0.4 is 30.0 Å². The molecule has 9 aliphatic rings. The van der Waals surface area contributed by atoms with E-state index >= 15 is 0 Å². The van der Waals surface area contributed by atoms with Crippen LogP contribution in [0.5, 0.6) is 23.0 Å². The molecular weight excluding hydrogens is 1360 g/mol. The number of carbonyl (C=O) groups excluding carboxylic acids is 4. The third-order valence-corrected chi connectivity index (χ3v) is 23.7. The van der Waals surface area contributed by atoms with Crippen molar-refractivity contribution in [3.63, 3.8) is 0 Å². The molecule has 3 heterocycles. The molecule has 3 amide bonds. The van der Waals surface area contributed by atoms with E-state index in [9.17, 15) is 34.5 Å². The van der Waals surface area contributed by atoms with E-state index in [1.807, 2.05) is 116 Å². The molecule has 572 valence electrons. The number of ether oxygens (including phenoxy) is 5. The molecule has 6 saturated carbocycles. The van der Waals surface area contributed by atoms with E-state index < -0.39 is 36.3 Å². The fourth-order valence-corrected chi connectivity index (χ4v) is 17.2. The highest BCUT2D eigenvalue weighted by Gasteiger charge is 2.59. The minimum atomic E-state index is -0.903. The van der Waals surface area contributed by atoms with Crippen LogP contribution >= 0.6 is 0 Å². The van der Waals surface area contributed by atoms with Gasteiger partial charge in [0.15, 0.2) is 0 Å². The smallest absolute Gasteiger partial charge is 0.326 e. The topological polar surface area (TPSA) is 245 Å². The number of fused-ring (bicyclic) bond motifs is 5. The van der Waals surface area contributed by atoms with Crippen LogP contribution in [0.1, 0.15) is 124 Å². The standard InChI is InChI=1S/C41H53N3O7.C31H34N2O7.C10H19N.3CH3.Al/c1-24-33-19-30(41(33,3)4)20-34(24)42-39(47)37-36(25(2)46)35(22-45)51-44(37)21-29-9-8-10-32(27-13-15-28(16-14-27)40(48)43(5)6)38(29)50-23-26-11-17-31(49-7)18-12-26;1-19-27-26(17-34)40-33(28(27)31(36)39-19)16-23-6-5-7-25(21-10-12-22(13-11-21)30(35)32(2)3)29(23)38-18-20-8-14-24(37-4)15-9-20;1-6-8-4-7(5-9(6)11)10(8,2)3;;;;/h8-18,24-25,30,33-37,45-46H,19-23H2,1-7H3,(H,42,47);5-15,19,26-28,34H,16-18H2,1-4H3;6-9H,4-5,11H2,1-3H3;3*1H3;/t24-,25-,30+,33-,34-,35-,36+,37-;19-,26-,27+,28-;6-,7+,8-,9-;;;;/m000..../s1. The van der Waals surface area contributed by atoms with Gasteiger partial charge in [-0.3, -0.25) is 28.9 Å². The maximum Gasteiger partial charge on any atom is 0.326 e. The number of cyclic esters (lactones) is 1. The summed E-state index contributed by atoms with van der Waals surface area (Å²) in [5.74, 6) is 12.1. The molecule has 6 aliphatic carbocycles. The van der Waals surface area contributed by atoms with Gasteiger partial charge in [-0.25, -0.2) is 0 Å². The third kappa shape index (κ3) is 17.8. The van der Waals surface area contributed by atoms with E-state index in [2.05, 4.69) is 64.2 Å². The number of nitrogens with zero attached hydrogens (tertiary/aromatic N) is 4. The average Bonchev–Trinajstić information content (AvgIpc) is 1.07. The summed E-state index contributed by atoms with van der Waals surface area (Å²) in [6, 6.07) is 40.9. The van der Waals surface area contributed by atoms with Gasteiger partial charge in [0.1, 0.15) is 66.6 Å². The van der Waals surface area contributed by atoms with Crippen molar-refractivity contribution >= 4 is 37.8 Å². The second-order valence-electron chi connectivity index (χ2n) is 32.6. The number of hydrogen-bond donors (Lipinski definition) is 5. The molecule has 3 aliphatic heterocycles. The maximum absolute atomic E-state index is 14.3. The Labute approximate surface area is 632 Å². The predicted octanol–water partition coefficient (Wildman–Crippen LogP) is 12.4. The zero-order chi connectivity index (χ0) is 76.8. The number of amides is 3. The number of carbonyl (C=O) groups is 4. The molecule has 9 fully saturated rings. The molecule has 15 rings (SSSR count). The third-order valence-electron chi connectivity index (χ3n) is 23.7. The van der Waals surface area contributed by atoms with Crippen LogP contribution in [0.25, 0.3) is 22.3 Å². The van der Waals surface area contributed by atoms with Crippen molar-refractivity contribution in [2.75, 3.05) is 55.6 Å². The summed E-state index contributed by atoms with van der Waals surface area (Å²) in [6.07, 6.45) is 2.31. The normalized spacial score (nSPS) is 27.3. The zero-order valence-corrected chi connectivity index (χ0v) is 66.4. The van der Waals surface area contributed by atoms with Crippen LogP contribution in [-0.4, -0.2) is 177 Å². The fourth-order valence-electron chi connectivity index (χ4n) is 17.2. The van der Waals surface area contributed by atoms with Gasteiger partial charge in [0.2, 0.25) is 5.91 Å². The Morgan fingerprint density at radius 2 is 1.06 bits per heavy atom. The van der Waals surface area contributed by atoms with Gasteiger partial charge in [-0.1, -0.05) is 126 Å². The molecule has 21 heteroatoms. The second kappa shape index (κ2) is 34.9. The molecule has 6 aromatic carbocycles. The number of rotatable bonds is 21. The summed E-state index contributed by atoms with van der Waals surface area (Å²) in [5, 5.41) is 37.8. The average molecular weight is 1470 g/mol. The number of hydrogen-bond acceptors (Lipinski definition) is 17. The number of aliphatic hydroxyl groups excluding tert-OH is 3. The van der Waals surface area contributed by atoms with Crippen molar-refractivity contribution in [2.45, 2.75) is 173 Å². The van der Waals surface area contributed by atoms with Crippen molar-refractivity contribution in [1.82, 2.24) is 25.2 Å². The number of esters is 1. The molecule has 20 nitrogen and oxygen atoms in total. The molecule has 0 aromatic heterocycles. The number of aliphatic hydroxyl groups is 3. The van der Waals surface area contributed by atoms with Crippen molar-refractivity contribution in [1.29, 1.82) is 0 Å². The molecular formula is C85H115AlN6O14. The van der Waals surface area contributed by atoms with Crippen LogP contribution in [0.15, 0.2) is 133 Å². The summed E-state index contributed by atoms with van der Waals surface area (Å²) in [5.41, 5.74) is 14.9. The highest BCUT2D eigenvalue weighted by molar-refractivity contribution is 6.54. The van der Waals surface area contributed by atoms with E-state index in [0.29, 0.717) is 58.4 Å². The van der Waals surface area contributed by atoms with Crippen LogP contribution in [0.2, 0.25) is 17.4 Å². The lowest BCUT2D eigenvalue weighted by Crippen LogP contribution is -2.62. The van der Waals surface area contributed by atoms with Crippen LogP contribution in [-0.2, 0) is 50.3 Å². The van der Waals surface area contributed by atoms with E-state index in [1.54, 1.807) is 88.6 Å². The Morgan fingerprint density at radius 3 is 1.45 bits per heavy atom. The summed E-state index contributed by atoms with van der Waals surface area (Å²) < 4.78 is 29.1. The first-order valence-corrected chi connectivity index (χ1v) is 41.3. The lowest BCUT2D eigenvalue weighted by molar-refractivity contribution is -0.195. The molecule has 3 saturated heterocycles. The van der Waals surface area contributed by atoms with Gasteiger partial charge >= 0.3 is 5.97 Å². The van der Waals surface area contributed by atoms with E-state index in [4.69, 9.17) is 39.1 Å². The minimum Gasteiger partial charge on any atom is -0.497 e. The zero-order valence-electron chi connectivity index (χ0n) is 65.3. The summed E-state index contributed by atoms with van der Waals surface area (Å²) in [4.78, 5) is 67.5. The van der Waals surface area contributed by atoms with E-state index in [1.165, 1.54) is 24.2 Å². The Bertz CT molecular complexity index is 3940. The van der Waals surface area contributed by atoms with Gasteiger partial charge in [-0.2, -0.15) is 10.1 Å². The lowest BCUT2D eigenvalue weighted by atomic mass is 9.45. The maximum atomic E-state index is 14.3. The molecule has 6 N–H and O–H groups in total. The quantitative estimate of drug-likeness (QED) is 0.0332. The summed E-state index contributed by atoms with van der Waals surface area (Å²) >= 11 is -0.139. The number of nitrogens with two attached hydrogens (primary N) is 1. The number of hydroxylamine groups is 4. The summed E-state index contributed by atoms with van der Waals surface area (Å²) in [7, 11) is 10.1. The first kappa shape index (κ1) is 81.1. The van der Waals surface area contributed by atoms with Gasteiger partial charge in [0.25, 0.3) is 26.0 Å². The first-order valence-electron chi connectivity index (χ1n) is 37.8. The molecule has 0 radical (unpaired) electrons. The van der Waals surface area contributed by atoms with Crippen molar-refractivity contribution in [2.24, 2.45) is 63.9 Å². The molecule has 6 aromatic rings. The number of benzene rings is 6. The van der Waals surface area contributed by atoms with Gasteiger partial charge in [-0.15, -0.1) is 17.4 Å². The van der Waals surface area contributed by atoms with Crippen LogP contribution in [0, 0.1) is 58.2 Å². The second-order valence-corrected chi connectivity index (χ2v) is 36.0. The van der Waals surface area contributed by atoms with Gasteiger partial charge < -0.3 is 59.9 Å². The Kier molecular flexibility index (Phi) is 26.7. The summed E-state index contributed by atoms with van der Waals surface area (Å²) in [6.45, 7) is 18.0. The largest absolute Gasteiger partial charge is 0.497 e. The molecule has 16 atom stereocenters. The Hall–Kier alpha value is -7.39. The van der Waals surface area contributed by atoms with Gasteiger partial charge in [0, 0.05) is 79.6 Å². The highest BCUT2D eigenvalue weighted by Crippen LogP contribution is 2.62. The van der Waals surface area contributed by atoms with Gasteiger partial charge in [-0.05, 0) is 157 Å². The fraction of sp³-hybridized carbons (Fsp3) is 0.529. The minimum absolute atomic E-state index is 0.0352. The highest BCUT2D eigenvalue weighted by atomic mass is 27.2. The monoisotopic (exact) mass is 1470 g/mol. The predicted molar refractivity (Wildman–Crippen MR) is 413 cm³/mol. The SMILES string of the molecule is COc1ccc(COc2c(CN3O[C@@H](CO)[C@@H]([C@H](C)O)[C@H]3C(=O)N[C@H]3C[C@H]4C[C@@H]([C@@H]3C)C4(C)C)cccc2-c2ccc(C(=O)N(C)C)cc2)cc1.COc1ccc(COc2c(CN3O[C@@H](CO)[C@H]4[C@H](C)OC(=O)[C@H]43)cccc2-c2ccc(C(=O)N(C)C)cc2)cc1.C[C@@H]1[C@@H](N)C[C@H]2C[C@@H]1C2(C)C.[CH3][Al]([CH3])[CH3]. The molecule has 106 heavy (non-hydrogen) atoms. The van der Waals surface area contributed by atoms with Crippen LogP contribution in [0.4, 0.5) is 0 Å². The van der Waals surface area contributed by atoms with E-state index in [0.717, 1.165) is 80.2 Å². The Morgan fingerprint density at radius 1 is 0.623 bits per heavy atom. The first-order chi connectivity index (χ1) is 50.4. The number of para-hydroxylation sites is 2. The van der Waals surface area contributed by atoms with E-state index in [-0.39, 0.29) is 94.2 Å². The molecule has 0 unspecified atom stereocenters. The number of methoxy groups -OCH3 is 2. The Balaban J connectivity index is 0.000000192. The van der Waals surface area contributed by atoms with Crippen molar-refractivity contribution in [3.05, 3.63) is 167 Å². The molecule has 0 spiro atoms. The van der Waals surface area contributed by atoms with Crippen LogP contribution in [0.3, 0.4) is 0 Å².